The molecule has 0 amide bonds. The summed E-state index contributed by atoms with van der Waals surface area (Å²) in [4.78, 5) is 25.4. The first kappa shape index (κ1) is 18.7. The summed E-state index contributed by atoms with van der Waals surface area (Å²) in [7, 11) is 1.66. The molecule has 0 aliphatic heterocycles. The number of hydrogen-bond donors (Lipinski definition) is 1. The van der Waals surface area contributed by atoms with Crippen LogP contribution >= 0.6 is 11.8 Å². The van der Waals surface area contributed by atoms with Crippen LogP contribution in [0.4, 0.5) is 0 Å². The Morgan fingerprint density at radius 3 is 2.90 bits per heavy atom. The number of rotatable bonds is 5. The molecule has 0 unspecified atom stereocenters. The molecule has 5 aromatic rings. The average molecular weight is 420 g/mol. The minimum absolute atomic E-state index is 0.0713. The van der Waals surface area contributed by atoms with Crippen molar-refractivity contribution >= 4 is 39.3 Å². The predicted octanol–water partition coefficient (Wildman–Crippen LogP) is 3.20. The summed E-state index contributed by atoms with van der Waals surface area (Å²) < 4.78 is 8.72. The molecule has 9 heteroatoms. The number of hydrogen-bond acceptors (Lipinski definition) is 6. The lowest BCUT2D eigenvalue weighted by molar-refractivity contribution is 0.415. The second-order valence-electron chi connectivity index (χ2n) is 7.06. The van der Waals surface area contributed by atoms with Crippen molar-refractivity contribution in [1.29, 1.82) is 0 Å². The van der Waals surface area contributed by atoms with E-state index in [-0.39, 0.29) is 5.56 Å². The molecule has 152 valence electrons. The maximum atomic E-state index is 13.2. The lowest BCUT2D eigenvalue weighted by Gasteiger charge is -2.09. The first-order valence-electron chi connectivity index (χ1n) is 9.53. The van der Waals surface area contributed by atoms with Crippen LogP contribution in [0, 0.1) is 6.92 Å². The van der Waals surface area contributed by atoms with E-state index < -0.39 is 0 Å². The molecule has 0 aliphatic carbocycles. The number of aromatic amines is 1. The molecular weight excluding hydrogens is 400 g/mol. The highest BCUT2D eigenvalue weighted by Crippen LogP contribution is 2.24. The number of fused-ring (bicyclic) bond motifs is 4. The van der Waals surface area contributed by atoms with Gasteiger partial charge in [0.1, 0.15) is 5.75 Å². The van der Waals surface area contributed by atoms with Gasteiger partial charge in [0.2, 0.25) is 5.16 Å². The van der Waals surface area contributed by atoms with Crippen LogP contribution < -0.4 is 10.3 Å². The first-order chi connectivity index (χ1) is 14.6. The third-order valence-corrected chi connectivity index (χ3v) is 5.89. The van der Waals surface area contributed by atoms with Crippen molar-refractivity contribution in [3.05, 3.63) is 58.3 Å². The summed E-state index contributed by atoms with van der Waals surface area (Å²) in [5, 5.41) is 6.76. The van der Waals surface area contributed by atoms with E-state index in [9.17, 15) is 4.79 Å². The molecule has 1 N–H and O–H groups in total. The minimum atomic E-state index is -0.0713. The van der Waals surface area contributed by atoms with Crippen molar-refractivity contribution in [3.8, 4) is 5.75 Å². The number of H-pyrrole nitrogens is 1. The lowest BCUT2D eigenvalue weighted by Crippen LogP contribution is -2.22. The number of ether oxygens (including phenoxy) is 1. The molecule has 30 heavy (non-hydrogen) atoms. The van der Waals surface area contributed by atoms with Gasteiger partial charge in [0.25, 0.3) is 11.3 Å². The Labute approximate surface area is 175 Å². The van der Waals surface area contributed by atoms with Gasteiger partial charge in [-0.15, -0.1) is 5.10 Å². The Hall–Kier alpha value is -3.33. The number of pyridine rings is 1. The molecule has 0 radical (unpaired) electrons. The summed E-state index contributed by atoms with van der Waals surface area (Å²) in [6.45, 7) is 2.40. The first-order valence-corrected chi connectivity index (χ1v) is 10.8. The van der Waals surface area contributed by atoms with Gasteiger partial charge in [-0.1, -0.05) is 11.8 Å². The van der Waals surface area contributed by atoms with E-state index in [1.807, 2.05) is 49.8 Å². The molecule has 1 aromatic carbocycles. The molecule has 4 heterocycles. The summed E-state index contributed by atoms with van der Waals surface area (Å²) in [6.07, 6.45) is 6.44. The van der Waals surface area contributed by atoms with Crippen LogP contribution in [0.5, 0.6) is 5.75 Å². The summed E-state index contributed by atoms with van der Waals surface area (Å²) >= 11 is 1.45. The van der Waals surface area contributed by atoms with E-state index in [0.717, 1.165) is 27.7 Å². The molecule has 0 bridgehead atoms. The highest BCUT2D eigenvalue weighted by molar-refractivity contribution is 7.98. The average Bonchev–Trinajstić information content (AvgIpc) is 3.36. The Balaban J connectivity index is 1.54. The number of nitrogens with one attached hydrogen (secondary N) is 1. The van der Waals surface area contributed by atoms with Crippen molar-refractivity contribution in [3.63, 3.8) is 0 Å². The number of nitrogens with zero attached hydrogens (tertiary/aromatic N) is 5. The fourth-order valence-corrected chi connectivity index (χ4v) is 4.14. The fraction of sp³-hybridized carbons (Fsp3) is 0.238. The Morgan fingerprint density at radius 2 is 2.10 bits per heavy atom. The number of aromatic nitrogens is 6. The maximum Gasteiger partial charge on any atom is 0.261 e. The van der Waals surface area contributed by atoms with Gasteiger partial charge in [0.15, 0.2) is 0 Å². The summed E-state index contributed by atoms with van der Waals surface area (Å²) in [5.74, 6) is 1.32. The van der Waals surface area contributed by atoms with Crippen LogP contribution in [0.1, 0.15) is 11.3 Å². The highest BCUT2D eigenvalue weighted by Gasteiger charge is 2.14. The van der Waals surface area contributed by atoms with Gasteiger partial charge in [0.05, 0.1) is 23.7 Å². The predicted molar refractivity (Wildman–Crippen MR) is 118 cm³/mol. The second-order valence-corrected chi connectivity index (χ2v) is 7.83. The van der Waals surface area contributed by atoms with Crippen LogP contribution in [0.2, 0.25) is 0 Å². The number of benzene rings is 1. The molecule has 0 atom stereocenters. The SMILES string of the molecule is COc1ccc2[nH]cc(CCn3ccc4c(c(C)nc5nc(SC)nn54)c3=O)c2c1. The summed E-state index contributed by atoms with van der Waals surface area (Å²) in [5.41, 5.74) is 3.51. The van der Waals surface area contributed by atoms with Gasteiger partial charge in [-0.25, -0.2) is 4.98 Å². The quantitative estimate of drug-likeness (QED) is 0.439. The molecule has 0 saturated heterocycles. The van der Waals surface area contributed by atoms with E-state index in [1.165, 1.54) is 11.8 Å². The van der Waals surface area contributed by atoms with Crippen molar-refractivity contribution in [1.82, 2.24) is 29.1 Å². The number of methoxy groups -OCH3 is 1. The van der Waals surface area contributed by atoms with Crippen LogP contribution in [0.15, 0.2) is 46.6 Å². The van der Waals surface area contributed by atoms with E-state index in [1.54, 1.807) is 16.2 Å². The van der Waals surface area contributed by atoms with Crippen molar-refractivity contribution in [2.45, 2.75) is 25.0 Å². The van der Waals surface area contributed by atoms with Gasteiger partial charge >= 0.3 is 0 Å². The number of aryl methyl sites for hydroxylation is 3. The highest BCUT2D eigenvalue weighted by atomic mass is 32.2. The van der Waals surface area contributed by atoms with Crippen LogP contribution in [-0.4, -0.2) is 42.5 Å². The molecule has 0 spiro atoms. The zero-order valence-corrected chi connectivity index (χ0v) is 17.7. The van der Waals surface area contributed by atoms with Crippen molar-refractivity contribution in [2.24, 2.45) is 0 Å². The zero-order valence-electron chi connectivity index (χ0n) is 16.8. The van der Waals surface area contributed by atoms with E-state index in [0.29, 0.717) is 35.0 Å². The Bertz CT molecular complexity index is 1470. The molecular formula is C21H20N6O2S. The molecule has 0 aliphatic rings. The van der Waals surface area contributed by atoms with Crippen LogP contribution in [-0.2, 0) is 13.0 Å². The second kappa shape index (κ2) is 7.17. The van der Waals surface area contributed by atoms with Crippen LogP contribution in [0.25, 0.3) is 27.6 Å². The molecule has 5 rings (SSSR count). The van der Waals surface area contributed by atoms with Crippen molar-refractivity contribution in [2.75, 3.05) is 13.4 Å². The van der Waals surface area contributed by atoms with E-state index in [4.69, 9.17) is 4.74 Å². The topological polar surface area (TPSA) is 90.1 Å². The van der Waals surface area contributed by atoms with Gasteiger partial charge in [-0.05, 0) is 49.4 Å². The molecule has 0 saturated carbocycles. The minimum Gasteiger partial charge on any atom is -0.497 e. The maximum absolute atomic E-state index is 13.2. The molecule has 8 nitrogen and oxygen atoms in total. The lowest BCUT2D eigenvalue weighted by atomic mass is 10.1. The Kier molecular flexibility index (Phi) is 4.47. The van der Waals surface area contributed by atoms with Gasteiger partial charge < -0.3 is 14.3 Å². The third-order valence-electron chi connectivity index (χ3n) is 5.35. The zero-order chi connectivity index (χ0) is 20.8. The van der Waals surface area contributed by atoms with Gasteiger partial charge in [0, 0.05) is 29.8 Å². The normalized spacial score (nSPS) is 11.7. The monoisotopic (exact) mass is 420 g/mol. The fourth-order valence-electron chi connectivity index (χ4n) is 3.80. The third kappa shape index (κ3) is 2.93. The largest absolute Gasteiger partial charge is 0.497 e. The molecule has 0 fully saturated rings. The summed E-state index contributed by atoms with van der Waals surface area (Å²) in [6, 6.07) is 7.86. The van der Waals surface area contributed by atoms with Gasteiger partial charge in [-0.2, -0.15) is 9.50 Å². The van der Waals surface area contributed by atoms with Crippen LogP contribution in [0.3, 0.4) is 0 Å². The van der Waals surface area contributed by atoms with Gasteiger partial charge in [-0.3, -0.25) is 4.79 Å². The molecule has 4 aromatic heterocycles. The standard InChI is InChI=1S/C21H20N6O2S/c1-12-18-17(27-20(23-12)24-21(25-27)30-3)7-9-26(19(18)28)8-6-13-11-22-16-5-4-14(29-2)10-15(13)16/h4-5,7,9-11,22H,6,8H2,1-3H3. The van der Waals surface area contributed by atoms with E-state index in [2.05, 4.69) is 20.1 Å². The Morgan fingerprint density at radius 1 is 1.23 bits per heavy atom. The number of thioether (sulfide) groups is 1. The van der Waals surface area contributed by atoms with E-state index >= 15 is 0 Å². The smallest absolute Gasteiger partial charge is 0.261 e. The van der Waals surface area contributed by atoms with Crippen molar-refractivity contribution < 1.29 is 4.74 Å².